The maximum Gasteiger partial charge on any atom is 0.338 e. The molecule has 0 bridgehead atoms. The van der Waals surface area contributed by atoms with Gasteiger partial charge >= 0.3 is 5.97 Å². The van der Waals surface area contributed by atoms with Crippen molar-refractivity contribution >= 4 is 35.0 Å². The number of hydrogen-bond donors (Lipinski definition) is 0. The Bertz CT molecular complexity index is 1510. The maximum atomic E-state index is 14.2. The fraction of sp³-hybridized carbons (Fsp3) is 0.207. The molecule has 1 aliphatic carbocycles. The molecule has 3 aromatic rings. The number of imide groups is 1. The highest BCUT2D eigenvalue weighted by atomic mass is 19.1. The maximum absolute atomic E-state index is 14.2. The largest absolute Gasteiger partial charge is 0.462 e. The smallest absolute Gasteiger partial charge is 0.338 e. The summed E-state index contributed by atoms with van der Waals surface area (Å²) in [5.41, 5.74) is -1.43. The van der Waals surface area contributed by atoms with E-state index in [0.29, 0.717) is 0 Å². The molecule has 3 atom stereocenters. The van der Waals surface area contributed by atoms with Crippen LogP contribution in [0.1, 0.15) is 49.7 Å². The van der Waals surface area contributed by atoms with Gasteiger partial charge in [-0.3, -0.25) is 19.2 Å². The molecule has 38 heavy (non-hydrogen) atoms. The zero-order valence-corrected chi connectivity index (χ0v) is 20.1. The van der Waals surface area contributed by atoms with Crippen molar-refractivity contribution in [2.45, 2.75) is 18.6 Å². The highest BCUT2D eigenvalue weighted by Crippen LogP contribution is 2.57. The summed E-state index contributed by atoms with van der Waals surface area (Å²) in [5, 5.41) is 0. The molecule has 0 radical (unpaired) electrons. The number of amides is 2. The third kappa shape index (κ3) is 3.15. The summed E-state index contributed by atoms with van der Waals surface area (Å²) in [4.78, 5) is 68.2. The Morgan fingerprint density at radius 3 is 2.18 bits per heavy atom. The number of fused-ring (bicyclic) bond motifs is 3. The lowest BCUT2D eigenvalue weighted by molar-refractivity contribution is -0.127. The van der Waals surface area contributed by atoms with Crippen molar-refractivity contribution in [3.8, 4) is 0 Å². The molecule has 190 valence electrons. The van der Waals surface area contributed by atoms with Gasteiger partial charge in [0.05, 0.1) is 35.8 Å². The second kappa shape index (κ2) is 8.53. The van der Waals surface area contributed by atoms with E-state index in [0.717, 1.165) is 11.0 Å². The van der Waals surface area contributed by atoms with Crippen LogP contribution < -0.4 is 4.90 Å². The van der Waals surface area contributed by atoms with E-state index in [9.17, 15) is 28.4 Å². The van der Waals surface area contributed by atoms with Crippen molar-refractivity contribution in [1.29, 1.82) is 0 Å². The quantitative estimate of drug-likeness (QED) is 0.298. The first-order valence-corrected chi connectivity index (χ1v) is 12.1. The molecule has 6 rings (SSSR count). The first-order valence-electron chi connectivity index (χ1n) is 12.1. The van der Waals surface area contributed by atoms with Gasteiger partial charge in [-0.15, -0.1) is 0 Å². The van der Waals surface area contributed by atoms with E-state index in [-0.39, 0.29) is 34.5 Å². The van der Waals surface area contributed by atoms with E-state index in [1.807, 2.05) is 0 Å². The average molecular weight is 513 g/mol. The number of ketones is 2. The van der Waals surface area contributed by atoms with Crippen LogP contribution in [0.5, 0.6) is 0 Å². The second-order valence-electron chi connectivity index (χ2n) is 9.32. The third-order valence-corrected chi connectivity index (χ3v) is 7.33. The van der Waals surface area contributed by atoms with Gasteiger partial charge in [0.25, 0.3) is 0 Å². The number of benzene rings is 3. The summed E-state index contributed by atoms with van der Waals surface area (Å²) >= 11 is 0. The number of rotatable bonds is 4. The number of nitrogens with zero attached hydrogens (tertiary/aromatic N) is 1. The Hall–Kier alpha value is -4.50. The Morgan fingerprint density at radius 2 is 1.58 bits per heavy atom. The summed E-state index contributed by atoms with van der Waals surface area (Å²) in [7, 11) is 0. The lowest BCUT2D eigenvalue weighted by atomic mass is 9.77. The van der Waals surface area contributed by atoms with E-state index < -0.39 is 58.7 Å². The molecule has 1 spiro atoms. The molecule has 8 nitrogen and oxygen atoms in total. The van der Waals surface area contributed by atoms with Crippen molar-refractivity contribution in [3.05, 3.63) is 101 Å². The Kier molecular flexibility index (Phi) is 5.36. The highest BCUT2D eigenvalue weighted by Gasteiger charge is 2.74. The molecule has 9 heteroatoms. The van der Waals surface area contributed by atoms with E-state index >= 15 is 0 Å². The van der Waals surface area contributed by atoms with E-state index in [2.05, 4.69) is 0 Å². The first kappa shape index (κ1) is 23.9. The number of hydrogen-bond acceptors (Lipinski definition) is 7. The Morgan fingerprint density at radius 1 is 0.921 bits per heavy atom. The molecular weight excluding hydrogens is 493 g/mol. The molecular formula is C29H20FNO7. The lowest BCUT2D eigenvalue weighted by Gasteiger charge is -2.27. The van der Waals surface area contributed by atoms with E-state index in [4.69, 9.17) is 9.47 Å². The number of carbonyl (C=O) groups is 5. The zero-order chi connectivity index (χ0) is 26.8. The second-order valence-corrected chi connectivity index (χ2v) is 9.32. The topological polar surface area (TPSA) is 107 Å². The Balaban J connectivity index is 1.47. The molecule has 2 fully saturated rings. The highest BCUT2D eigenvalue weighted by molar-refractivity contribution is 6.37. The molecule has 3 aromatic carbocycles. The summed E-state index contributed by atoms with van der Waals surface area (Å²) in [5.74, 6) is -6.74. The monoisotopic (exact) mass is 513 g/mol. The van der Waals surface area contributed by atoms with Gasteiger partial charge in [-0.25, -0.2) is 14.1 Å². The predicted molar refractivity (Wildman–Crippen MR) is 130 cm³/mol. The molecule has 0 saturated carbocycles. The van der Waals surface area contributed by atoms with Crippen LogP contribution in [0.15, 0.2) is 72.8 Å². The van der Waals surface area contributed by atoms with Crippen LogP contribution in [0, 0.1) is 17.7 Å². The summed E-state index contributed by atoms with van der Waals surface area (Å²) < 4.78 is 25.3. The minimum absolute atomic E-state index is 0.105. The van der Waals surface area contributed by atoms with Crippen molar-refractivity contribution in [2.75, 3.05) is 11.5 Å². The third-order valence-electron chi connectivity index (χ3n) is 7.33. The van der Waals surface area contributed by atoms with Crippen LogP contribution in [-0.2, 0) is 19.1 Å². The first-order chi connectivity index (χ1) is 18.3. The fourth-order valence-electron chi connectivity index (χ4n) is 5.72. The molecule has 0 N–H and O–H groups in total. The summed E-state index contributed by atoms with van der Waals surface area (Å²) in [6.45, 7) is 1.85. The number of anilines is 1. The van der Waals surface area contributed by atoms with Gasteiger partial charge in [-0.1, -0.05) is 36.4 Å². The van der Waals surface area contributed by atoms with Crippen molar-refractivity contribution in [2.24, 2.45) is 11.8 Å². The van der Waals surface area contributed by atoms with Crippen LogP contribution in [0.2, 0.25) is 0 Å². The normalized spacial score (nSPS) is 23.2. The molecule has 2 saturated heterocycles. The number of esters is 1. The Labute approximate surface area is 216 Å². The number of carbonyl (C=O) groups excluding carboxylic acids is 5. The van der Waals surface area contributed by atoms with Crippen LogP contribution in [-0.4, -0.2) is 41.6 Å². The van der Waals surface area contributed by atoms with Crippen molar-refractivity contribution < 1.29 is 37.8 Å². The zero-order valence-electron chi connectivity index (χ0n) is 20.1. The summed E-state index contributed by atoms with van der Waals surface area (Å²) in [6, 6.07) is 17.1. The molecule has 0 unspecified atom stereocenters. The molecule has 3 aliphatic rings. The van der Waals surface area contributed by atoms with Gasteiger partial charge in [0.1, 0.15) is 5.82 Å². The molecule has 2 aliphatic heterocycles. The number of halogens is 1. The SMILES string of the molecule is CCOC(=O)c1ccc(N2C(=O)[C@@H]3[C@H](c4cccc(F)c4)OC4(C(=O)c5ccccc5C4=O)[C@H]3C2=O)cc1. The van der Waals surface area contributed by atoms with Gasteiger partial charge in [0, 0.05) is 11.1 Å². The van der Waals surface area contributed by atoms with Crippen molar-refractivity contribution in [3.63, 3.8) is 0 Å². The van der Waals surface area contributed by atoms with Gasteiger partial charge in [-0.05, 0) is 48.9 Å². The predicted octanol–water partition coefficient (Wildman–Crippen LogP) is 3.70. The average Bonchev–Trinajstić information content (AvgIpc) is 3.49. The molecule has 2 amide bonds. The van der Waals surface area contributed by atoms with Gasteiger partial charge in [-0.2, -0.15) is 0 Å². The minimum atomic E-state index is -2.25. The van der Waals surface area contributed by atoms with E-state index in [1.165, 1.54) is 54.6 Å². The van der Waals surface area contributed by atoms with Crippen LogP contribution >= 0.6 is 0 Å². The van der Waals surface area contributed by atoms with Gasteiger partial charge in [0.15, 0.2) is 0 Å². The molecule has 2 heterocycles. The summed E-state index contributed by atoms with van der Waals surface area (Å²) in [6.07, 6.45) is -1.22. The van der Waals surface area contributed by atoms with E-state index in [1.54, 1.807) is 19.1 Å². The van der Waals surface area contributed by atoms with Gasteiger partial charge in [0.2, 0.25) is 29.0 Å². The van der Waals surface area contributed by atoms with Crippen molar-refractivity contribution in [1.82, 2.24) is 0 Å². The lowest BCUT2D eigenvalue weighted by Crippen LogP contribution is -2.51. The van der Waals surface area contributed by atoms with Gasteiger partial charge < -0.3 is 9.47 Å². The molecule has 0 aromatic heterocycles. The number of Topliss-reactive ketones (excluding diaryl/α,β-unsaturated/α-hetero) is 2. The fourth-order valence-corrected chi connectivity index (χ4v) is 5.72. The van der Waals surface area contributed by atoms with Crippen LogP contribution in [0.4, 0.5) is 10.1 Å². The number of ether oxygens (including phenoxy) is 2. The minimum Gasteiger partial charge on any atom is -0.462 e. The van der Waals surface area contributed by atoms with Crippen LogP contribution in [0.3, 0.4) is 0 Å². The standard InChI is InChI=1S/C29H20FNO7/c1-2-37-28(36)15-10-12-18(13-11-15)31-26(34)21-22(27(31)35)29(38-23(21)16-6-5-7-17(30)14-16)24(32)19-8-3-4-9-20(19)25(29)33/h3-14,21-23H,2H2,1H3/t21-,22+,23-/m0/s1. The van der Waals surface area contributed by atoms with Crippen LogP contribution in [0.25, 0.3) is 0 Å².